The molecule has 0 aliphatic carbocycles. The van der Waals surface area contributed by atoms with Gasteiger partial charge in [0.15, 0.2) is 0 Å². The lowest BCUT2D eigenvalue weighted by Crippen LogP contribution is -2.40. The van der Waals surface area contributed by atoms with Crippen molar-refractivity contribution in [3.63, 3.8) is 0 Å². The number of hydrogen-bond acceptors (Lipinski definition) is 3. The number of benzene rings is 1. The Hall–Kier alpha value is -2.04. The van der Waals surface area contributed by atoms with Gasteiger partial charge in [-0.25, -0.2) is 0 Å². The van der Waals surface area contributed by atoms with Crippen LogP contribution in [0.2, 0.25) is 0 Å². The first-order valence-electron chi connectivity index (χ1n) is 7.39. The molecule has 1 aromatic carbocycles. The van der Waals surface area contributed by atoms with Crippen LogP contribution in [-0.2, 0) is 9.59 Å². The minimum Gasteiger partial charge on any atom is -0.508 e. The number of phenolic OH excluding ortho intramolecular Hbond substituents is 1. The average Bonchev–Trinajstić information content (AvgIpc) is 2.45. The van der Waals surface area contributed by atoms with Gasteiger partial charge in [-0.2, -0.15) is 0 Å². The lowest BCUT2D eigenvalue weighted by atomic mass is 10.2. The summed E-state index contributed by atoms with van der Waals surface area (Å²) in [5.74, 6) is -1.00. The van der Waals surface area contributed by atoms with E-state index in [-0.39, 0.29) is 5.75 Å². The van der Waals surface area contributed by atoms with Crippen molar-refractivity contribution in [2.24, 2.45) is 0 Å². The molecular formula is C16H24N2O3. The molecule has 0 aromatic heterocycles. The monoisotopic (exact) mass is 292 g/mol. The topological polar surface area (TPSA) is 69.6 Å². The molecule has 0 heterocycles. The maximum Gasteiger partial charge on any atom is 0.313 e. The highest BCUT2D eigenvalue weighted by Gasteiger charge is 2.21. The number of carbonyl (C=O) groups is 2. The van der Waals surface area contributed by atoms with Gasteiger partial charge >= 0.3 is 11.8 Å². The predicted octanol–water partition coefficient (Wildman–Crippen LogP) is 2.68. The predicted molar refractivity (Wildman–Crippen MR) is 83.3 cm³/mol. The van der Waals surface area contributed by atoms with E-state index in [1.165, 1.54) is 6.07 Å². The van der Waals surface area contributed by atoms with Crippen molar-refractivity contribution in [1.29, 1.82) is 0 Å². The molecule has 5 nitrogen and oxygen atoms in total. The molecule has 21 heavy (non-hydrogen) atoms. The van der Waals surface area contributed by atoms with Gasteiger partial charge in [0, 0.05) is 18.8 Å². The summed E-state index contributed by atoms with van der Waals surface area (Å²) in [7, 11) is 0. The number of rotatable bonds is 6. The fraction of sp³-hybridized carbons (Fsp3) is 0.500. The molecule has 0 radical (unpaired) electrons. The molecular weight excluding hydrogens is 268 g/mol. The van der Waals surface area contributed by atoms with Crippen LogP contribution in [-0.4, -0.2) is 34.9 Å². The van der Waals surface area contributed by atoms with Gasteiger partial charge in [0.1, 0.15) is 5.75 Å². The van der Waals surface area contributed by atoms with Crippen LogP contribution in [0.4, 0.5) is 5.69 Å². The summed E-state index contributed by atoms with van der Waals surface area (Å²) >= 11 is 0. The number of anilines is 1. The van der Waals surface area contributed by atoms with Gasteiger partial charge in [-0.15, -0.1) is 0 Å². The Bertz CT molecular complexity index is 500. The van der Waals surface area contributed by atoms with Crippen LogP contribution in [0.15, 0.2) is 18.2 Å². The number of unbranched alkanes of at least 4 members (excludes halogenated alkanes) is 1. The van der Waals surface area contributed by atoms with E-state index in [0.717, 1.165) is 19.3 Å². The van der Waals surface area contributed by atoms with E-state index >= 15 is 0 Å². The van der Waals surface area contributed by atoms with E-state index in [1.807, 2.05) is 6.92 Å². The number of amides is 2. The van der Waals surface area contributed by atoms with Crippen molar-refractivity contribution in [2.75, 3.05) is 18.4 Å². The molecule has 2 amide bonds. The molecule has 0 aliphatic rings. The lowest BCUT2D eigenvalue weighted by Gasteiger charge is -2.21. The van der Waals surface area contributed by atoms with E-state index in [2.05, 4.69) is 12.2 Å². The van der Waals surface area contributed by atoms with Crippen LogP contribution >= 0.6 is 0 Å². The van der Waals surface area contributed by atoms with Gasteiger partial charge < -0.3 is 15.3 Å². The minimum absolute atomic E-state index is 0.132. The summed E-state index contributed by atoms with van der Waals surface area (Å²) in [6.45, 7) is 6.98. The number of aryl methyl sites for hydroxylation is 1. The maximum atomic E-state index is 12.2. The molecule has 0 saturated carbocycles. The number of nitrogens with one attached hydrogen (secondary N) is 1. The van der Waals surface area contributed by atoms with Crippen LogP contribution in [0.3, 0.4) is 0 Å². The second kappa shape index (κ2) is 8.29. The van der Waals surface area contributed by atoms with Crippen molar-refractivity contribution in [3.8, 4) is 5.75 Å². The number of hydrogen-bond donors (Lipinski definition) is 2. The molecule has 1 aromatic rings. The molecule has 0 aliphatic heterocycles. The zero-order chi connectivity index (χ0) is 15.8. The van der Waals surface area contributed by atoms with Gasteiger partial charge in [-0.3, -0.25) is 9.59 Å². The summed E-state index contributed by atoms with van der Waals surface area (Å²) in [5, 5.41) is 12.0. The van der Waals surface area contributed by atoms with Crippen LogP contribution in [0.1, 0.15) is 38.7 Å². The van der Waals surface area contributed by atoms with Crippen LogP contribution in [0.25, 0.3) is 0 Å². The largest absolute Gasteiger partial charge is 0.508 e. The smallest absolute Gasteiger partial charge is 0.313 e. The molecule has 0 spiro atoms. The molecule has 0 saturated heterocycles. The Morgan fingerprint density at radius 1 is 1.19 bits per heavy atom. The molecule has 116 valence electrons. The molecule has 5 heteroatoms. The first-order valence-corrected chi connectivity index (χ1v) is 7.39. The van der Waals surface area contributed by atoms with Crippen molar-refractivity contribution in [3.05, 3.63) is 23.8 Å². The van der Waals surface area contributed by atoms with Gasteiger partial charge in [0.05, 0.1) is 0 Å². The highest BCUT2D eigenvalue weighted by Crippen LogP contribution is 2.20. The van der Waals surface area contributed by atoms with E-state index < -0.39 is 11.8 Å². The van der Waals surface area contributed by atoms with Crippen LogP contribution in [0, 0.1) is 6.92 Å². The third kappa shape index (κ3) is 5.10. The summed E-state index contributed by atoms with van der Waals surface area (Å²) < 4.78 is 0. The van der Waals surface area contributed by atoms with Gasteiger partial charge in [0.25, 0.3) is 0 Å². The van der Waals surface area contributed by atoms with E-state index in [0.29, 0.717) is 24.3 Å². The molecule has 0 unspecified atom stereocenters. The average molecular weight is 292 g/mol. The molecule has 0 bridgehead atoms. The Labute approximate surface area is 126 Å². The lowest BCUT2D eigenvalue weighted by molar-refractivity contribution is -0.143. The fourth-order valence-electron chi connectivity index (χ4n) is 2.04. The summed E-state index contributed by atoms with van der Waals surface area (Å²) in [4.78, 5) is 25.8. The Balaban J connectivity index is 2.73. The fourth-order valence-corrected chi connectivity index (χ4v) is 2.04. The summed E-state index contributed by atoms with van der Waals surface area (Å²) in [6, 6.07) is 4.61. The maximum absolute atomic E-state index is 12.2. The van der Waals surface area contributed by atoms with E-state index in [9.17, 15) is 14.7 Å². The van der Waals surface area contributed by atoms with Gasteiger partial charge in [-0.05, 0) is 43.5 Å². The number of aromatic hydroxyl groups is 1. The Morgan fingerprint density at radius 2 is 1.90 bits per heavy atom. The second-order valence-corrected chi connectivity index (χ2v) is 5.10. The first-order chi connectivity index (χ1) is 9.99. The van der Waals surface area contributed by atoms with Gasteiger partial charge in [0.2, 0.25) is 0 Å². The normalized spacial score (nSPS) is 10.2. The molecule has 0 fully saturated rings. The number of nitrogens with zero attached hydrogens (tertiary/aromatic N) is 1. The zero-order valence-electron chi connectivity index (χ0n) is 13.0. The van der Waals surface area contributed by atoms with Crippen molar-refractivity contribution >= 4 is 17.5 Å². The number of phenols is 1. The first kappa shape index (κ1) is 17.0. The SMILES string of the molecule is CCCCN(CCC)C(=O)C(=O)Nc1ccc(O)cc1C. The molecule has 2 N–H and O–H groups in total. The van der Waals surface area contributed by atoms with E-state index in [4.69, 9.17) is 0 Å². The highest BCUT2D eigenvalue weighted by atomic mass is 16.3. The third-order valence-corrected chi connectivity index (χ3v) is 3.21. The van der Waals surface area contributed by atoms with Crippen molar-refractivity contribution < 1.29 is 14.7 Å². The zero-order valence-corrected chi connectivity index (χ0v) is 13.0. The minimum atomic E-state index is -0.631. The molecule has 0 atom stereocenters. The second-order valence-electron chi connectivity index (χ2n) is 5.10. The van der Waals surface area contributed by atoms with E-state index in [1.54, 1.807) is 24.0 Å². The van der Waals surface area contributed by atoms with Crippen LogP contribution < -0.4 is 5.32 Å². The quantitative estimate of drug-likeness (QED) is 0.625. The summed E-state index contributed by atoms with van der Waals surface area (Å²) in [6.07, 6.45) is 2.68. The Kier molecular flexibility index (Phi) is 6.72. The van der Waals surface area contributed by atoms with Crippen molar-refractivity contribution in [2.45, 2.75) is 40.0 Å². The van der Waals surface area contributed by atoms with Crippen LogP contribution in [0.5, 0.6) is 5.75 Å². The van der Waals surface area contributed by atoms with Gasteiger partial charge in [-0.1, -0.05) is 20.3 Å². The highest BCUT2D eigenvalue weighted by molar-refractivity contribution is 6.39. The Morgan fingerprint density at radius 3 is 2.48 bits per heavy atom. The molecule has 1 rings (SSSR count). The summed E-state index contributed by atoms with van der Waals surface area (Å²) in [5.41, 5.74) is 1.25. The third-order valence-electron chi connectivity index (χ3n) is 3.21. The van der Waals surface area contributed by atoms with Crippen molar-refractivity contribution in [1.82, 2.24) is 4.90 Å². The standard InChI is InChI=1S/C16H24N2O3/c1-4-6-10-18(9-5-2)16(21)15(20)17-14-8-7-13(19)11-12(14)3/h7-8,11,19H,4-6,9-10H2,1-3H3,(H,17,20). The number of carbonyl (C=O) groups excluding carboxylic acids is 2.